The molecular weight excluding hydrogens is 464 g/mol. The van der Waals surface area contributed by atoms with Crippen LogP contribution in [0, 0.1) is 24.7 Å². The fraction of sp³-hybridized carbons (Fsp3) is 0.520. The van der Waals surface area contributed by atoms with Crippen LogP contribution in [0.25, 0.3) is 11.4 Å². The Morgan fingerprint density at radius 1 is 1.17 bits per heavy atom. The van der Waals surface area contributed by atoms with Gasteiger partial charge in [-0.1, -0.05) is 5.21 Å². The maximum Gasteiger partial charge on any atom is 0.317 e. The minimum atomic E-state index is -0.677. The highest BCUT2D eigenvalue weighted by molar-refractivity contribution is 5.71. The zero-order valence-corrected chi connectivity index (χ0v) is 20.6. The molecule has 3 heterocycles. The van der Waals surface area contributed by atoms with E-state index >= 15 is 0 Å². The first kappa shape index (κ1) is 24.1. The Balaban J connectivity index is 1.27. The van der Waals surface area contributed by atoms with Gasteiger partial charge in [-0.3, -0.25) is 4.79 Å². The first-order valence-corrected chi connectivity index (χ1v) is 12.1. The molecule has 11 nitrogen and oxygen atoms in total. The first-order chi connectivity index (χ1) is 17.4. The number of rotatable bonds is 9. The second-order valence-corrected chi connectivity index (χ2v) is 9.50. The summed E-state index contributed by atoms with van der Waals surface area (Å²) >= 11 is 0. The third kappa shape index (κ3) is 4.88. The summed E-state index contributed by atoms with van der Waals surface area (Å²) in [5.41, 5.74) is 3.48. The SMILES string of the molecule is COCc1ccnc(OCc2c(-c3ccc(O[C@@H]4C[C@@H]5CC[C@@H](C(=O)O)[C@@H]5C4)c(C)n3)nnn2C)n1. The predicted molar refractivity (Wildman–Crippen MR) is 127 cm³/mol. The van der Waals surface area contributed by atoms with Gasteiger partial charge in [-0.25, -0.2) is 14.6 Å². The molecule has 190 valence electrons. The number of hydrogen-bond donors (Lipinski definition) is 1. The average molecular weight is 495 g/mol. The van der Waals surface area contributed by atoms with Crippen molar-refractivity contribution >= 4 is 5.97 Å². The number of carbonyl (C=O) groups is 1. The number of carboxylic acid groups (broad SMARTS) is 1. The van der Waals surface area contributed by atoms with E-state index in [1.54, 1.807) is 31.1 Å². The molecule has 2 aliphatic rings. The Bertz CT molecular complexity index is 1250. The van der Waals surface area contributed by atoms with Gasteiger partial charge in [0.2, 0.25) is 0 Å². The lowest BCUT2D eigenvalue weighted by atomic mass is 9.92. The van der Waals surface area contributed by atoms with Gasteiger partial charge in [0.1, 0.15) is 23.7 Å². The molecule has 11 heteroatoms. The van der Waals surface area contributed by atoms with E-state index < -0.39 is 5.97 Å². The lowest BCUT2D eigenvalue weighted by molar-refractivity contribution is -0.143. The van der Waals surface area contributed by atoms with Crippen molar-refractivity contribution in [2.75, 3.05) is 7.11 Å². The summed E-state index contributed by atoms with van der Waals surface area (Å²) in [7, 11) is 3.40. The Kier molecular flexibility index (Phi) is 6.82. The predicted octanol–water partition coefficient (Wildman–Crippen LogP) is 2.97. The summed E-state index contributed by atoms with van der Waals surface area (Å²) < 4.78 is 18.9. The van der Waals surface area contributed by atoms with Gasteiger partial charge >= 0.3 is 12.0 Å². The highest BCUT2D eigenvalue weighted by Crippen LogP contribution is 2.48. The van der Waals surface area contributed by atoms with Gasteiger partial charge in [-0.2, -0.15) is 4.98 Å². The molecule has 3 aromatic rings. The van der Waals surface area contributed by atoms with Crippen molar-refractivity contribution in [3.63, 3.8) is 0 Å². The number of carboxylic acids is 1. The van der Waals surface area contributed by atoms with Crippen molar-refractivity contribution in [2.24, 2.45) is 24.8 Å². The van der Waals surface area contributed by atoms with Crippen LogP contribution in [0.5, 0.6) is 11.8 Å². The Hall–Kier alpha value is -3.60. The topological polar surface area (TPSA) is 134 Å². The van der Waals surface area contributed by atoms with E-state index in [1.165, 1.54) is 0 Å². The standard InChI is InChI=1S/C25H30N6O5/c1-14-22(36-17-10-15-4-5-18(24(32)33)19(15)11-17)7-6-20(27-14)23-21(31(2)30-29-23)13-35-25-26-9-8-16(28-25)12-34-3/h6-9,15,17-19H,4-5,10-13H2,1-3H3,(H,32,33)/t15-,17+,18+,19+/m0/s1. The van der Waals surface area contributed by atoms with E-state index in [4.69, 9.17) is 19.2 Å². The van der Waals surface area contributed by atoms with Crippen molar-refractivity contribution in [1.29, 1.82) is 0 Å². The molecule has 3 aromatic heterocycles. The second-order valence-electron chi connectivity index (χ2n) is 9.50. The van der Waals surface area contributed by atoms with Gasteiger partial charge in [-0.05, 0) is 62.6 Å². The summed E-state index contributed by atoms with van der Waals surface area (Å²) in [6, 6.07) is 5.78. The van der Waals surface area contributed by atoms with Crippen molar-refractivity contribution in [2.45, 2.75) is 51.9 Å². The normalized spacial score (nSPS) is 23.0. The van der Waals surface area contributed by atoms with Crippen molar-refractivity contribution in [3.05, 3.63) is 41.5 Å². The van der Waals surface area contributed by atoms with E-state index in [0.29, 0.717) is 29.7 Å². The zero-order valence-electron chi connectivity index (χ0n) is 20.6. The van der Waals surface area contributed by atoms with E-state index in [2.05, 4.69) is 20.3 Å². The van der Waals surface area contributed by atoms with Crippen LogP contribution < -0.4 is 9.47 Å². The summed E-state index contributed by atoms with van der Waals surface area (Å²) in [6.45, 7) is 2.44. The van der Waals surface area contributed by atoms with Crippen LogP contribution in [0.15, 0.2) is 24.4 Å². The molecule has 2 fully saturated rings. The summed E-state index contributed by atoms with van der Waals surface area (Å²) in [4.78, 5) is 24.8. The molecule has 0 aromatic carbocycles. The molecule has 2 saturated carbocycles. The van der Waals surface area contributed by atoms with Crippen LogP contribution in [0.3, 0.4) is 0 Å². The van der Waals surface area contributed by atoms with Crippen LogP contribution >= 0.6 is 0 Å². The van der Waals surface area contributed by atoms with Crippen molar-refractivity contribution in [1.82, 2.24) is 29.9 Å². The van der Waals surface area contributed by atoms with E-state index in [0.717, 1.165) is 42.8 Å². The number of fused-ring (bicyclic) bond motifs is 1. The number of aromatic nitrogens is 6. The average Bonchev–Trinajstić information content (AvgIpc) is 3.53. The van der Waals surface area contributed by atoms with E-state index in [-0.39, 0.29) is 30.6 Å². The molecule has 0 amide bonds. The lowest BCUT2D eigenvalue weighted by Gasteiger charge is -2.18. The minimum absolute atomic E-state index is 0.0165. The maximum atomic E-state index is 11.5. The summed E-state index contributed by atoms with van der Waals surface area (Å²) in [5, 5.41) is 17.9. The Morgan fingerprint density at radius 2 is 2.03 bits per heavy atom. The van der Waals surface area contributed by atoms with Crippen LogP contribution in [0.4, 0.5) is 0 Å². The summed E-state index contributed by atoms with van der Waals surface area (Å²) in [5.74, 6) is 0.436. The number of aliphatic carboxylic acids is 1. The second kappa shape index (κ2) is 10.2. The molecule has 2 aliphatic carbocycles. The smallest absolute Gasteiger partial charge is 0.317 e. The Morgan fingerprint density at radius 3 is 2.81 bits per heavy atom. The van der Waals surface area contributed by atoms with Crippen molar-refractivity contribution in [3.8, 4) is 23.1 Å². The summed E-state index contributed by atoms with van der Waals surface area (Å²) in [6.07, 6.45) is 5.07. The number of pyridine rings is 1. The molecule has 0 saturated heterocycles. The van der Waals surface area contributed by atoms with Gasteiger partial charge < -0.3 is 19.3 Å². The van der Waals surface area contributed by atoms with Gasteiger partial charge in [0.25, 0.3) is 0 Å². The third-order valence-corrected chi connectivity index (χ3v) is 7.23. The number of nitrogens with zero attached hydrogens (tertiary/aromatic N) is 6. The highest BCUT2D eigenvalue weighted by atomic mass is 16.5. The van der Waals surface area contributed by atoms with Gasteiger partial charge in [0.05, 0.1) is 35.7 Å². The molecule has 0 bridgehead atoms. The monoisotopic (exact) mass is 494 g/mol. The van der Waals surface area contributed by atoms with Gasteiger partial charge in [0, 0.05) is 20.4 Å². The number of methoxy groups -OCH3 is 1. The largest absolute Gasteiger partial charge is 0.489 e. The van der Waals surface area contributed by atoms with Crippen LogP contribution in [-0.2, 0) is 29.8 Å². The molecular formula is C25H30N6O5. The van der Waals surface area contributed by atoms with Gasteiger partial charge in [0.15, 0.2) is 0 Å². The maximum absolute atomic E-state index is 11.5. The Labute approximate surface area is 208 Å². The fourth-order valence-corrected chi connectivity index (χ4v) is 5.47. The molecule has 1 N–H and O–H groups in total. The lowest BCUT2D eigenvalue weighted by Crippen LogP contribution is -2.21. The number of hydrogen-bond acceptors (Lipinski definition) is 9. The third-order valence-electron chi connectivity index (χ3n) is 7.23. The number of aryl methyl sites for hydroxylation is 2. The highest BCUT2D eigenvalue weighted by Gasteiger charge is 2.47. The molecule has 36 heavy (non-hydrogen) atoms. The number of ether oxygens (including phenoxy) is 3. The molecule has 0 spiro atoms. The first-order valence-electron chi connectivity index (χ1n) is 12.1. The zero-order chi connectivity index (χ0) is 25.2. The van der Waals surface area contributed by atoms with Crippen LogP contribution in [0.2, 0.25) is 0 Å². The fourth-order valence-electron chi connectivity index (χ4n) is 5.47. The van der Waals surface area contributed by atoms with Crippen LogP contribution in [-0.4, -0.2) is 54.2 Å². The van der Waals surface area contributed by atoms with Gasteiger partial charge in [-0.15, -0.1) is 5.10 Å². The van der Waals surface area contributed by atoms with E-state index in [1.807, 2.05) is 19.1 Å². The minimum Gasteiger partial charge on any atom is -0.489 e. The van der Waals surface area contributed by atoms with Crippen molar-refractivity contribution < 1.29 is 24.1 Å². The van der Waals surface area contributed by atoms with E-state index in [9.17, 15) is 9.90 Å². The molecule has 5 rings (SSSR count). The molecule has 0 radical (unpaired) electrons. The molecule has 0 unspecified atom stereocenters. The quantitative estimate of drug-likeness (QED) is 0.473. The molecule has 0 aliphatic heterocycles. The molecule has 4 atom stereocenters. The van der Waals surface area contributed by atoms with Crippen LogP contribution in [0.1, 0.15) is 42.8 Å².